The van der Waals surface area contributed by atoms with Crippen LogP contribution >= 0.6 is 11.6 Å². The summed E-state index contributed by atoms with van der Waals surface area (Å²) in [5, 5.41) is 5.06. The summed E-state index contributed by atoms with van der Waals surface area (Å²) in [5.41, 5.74) is 7.81. The highest BCUT2D eigenvalue weighted by Crippen LogP contribution is 2.40. The Morgan fingerprint density at radius 1 is 1.39 bits per heavy atom. The van der Waals surface area contributed by atoms with Gasteiger partial charge in [-0.15, -0.1) is 0 Å². The first-order valence-electron chi connectivity index (χ1n) is 9.56. The molecule has 2 N–H and O–H groups in total. The third kappa shape index (κ3) is 3.60. The number of halogens is 2. The maximum absolute atomic E-state index is 15.0. The lowest BCUT2D eigenvalue weighted by Crippen LogP contribution is -2.39. The number of hydrogen-bond acceptors (Lipinski definition) is 7. The lowest BCUT2D eigenvalue weighted by Gasteiger charge is -2.23. The molecule has 0 radical (unpaired) electrons. The van der Waals surface area contributed by atoms with Crippen LogP contribution in [0.15, 0.2) is 12.4 Å². The normalized spacial score (nSPS) is 18.5. The smallest absolute Gasteiger partial charge is 0.211 e. The van der Waals surface area contributed by atoms with Crippen LogP contribution in [0.3, 0.4) is 0 Å². The molecule has 1 unspecified atom stereocenters. The molecule has 1 aliphatic heterocycles. The summed E-state index contributed by atoms with van der Waals surface area (Å²) in [4.78, 5) is 8.33. The molecule has 0 amide bonds. The number of benzene rings is 1. The van der Waals surface area contributed by atoms with E-state index in [0.717, 1.165) is 6.26 Å². The number of aromatic nitrogens is 4. The van der Waals surface area contributed by atoms with Gasteiger partial charge in [-0.05, 0) is 26.8 Å². The molecule has 9 nitrogen and oxygen atoms in total. The second-order valence-corrected chi connectivity index (χ2v) is 10.0. The number of rotatable bonds is 3. The molecule has 1 aromatic carbocycles. The molecule has 0 aliphatic carbocycles. The van der Waals surface area contributed by atoms with Gasteiger partial charge in [0.05, 0.1) is 34.4 Å². The van der Waals surface area contributed by atoms with Gasteiger partial charge in [0.1, 0.15) is 30.3 Å². The Morgan fingerprint density at radius 3 is 2.77 bits per heavy atom. The molecule has 0 bridgehead atoms. The minimum atomic E-state index is -3.59. The third-order valence-corrected chi connectivity index (χ3v) is 7.12. The summed E-state index contributed by atoms with van der Waals surface area (Å²) in [6, 6.07) is 0.538. The van der Waals surface area contributed by atoms with E-state index >= 15 is 4.39 Å². The molecule has 3 heterocycles. The van der Waals surface area contributed by atoms with Crippen molar-refractivity contribution in [3.63, 3.8) is 0 Å². The Morgan fingerprint density at radius 2 is 2.10 bits per heavy atom. The Balaban J connectivity index is 1.90. The molecule has 12 heteroatoms. The zero-order chi connectivity index (χ0) is 22.7. The van der Waals surface area contributed by atoms with Crippen molar-refractivity contribution in [1.82, 2.24) is 24.1 Å². The largest absolute Gasteiger partial charge is 0.491 e. The molecule has 2 atom stereocenters. The molecular formula is C19H22ClFN6O3S. The Labute approximate surface area is 184 Å². The van der Waals surface area contributed by atoms with Gasteiger partial charge in [-0.3, -0.25) is 0 Å². The van der Waals surface area contributed by atoms with Crippen molar-refractivity contribution >= 4 is 38.5 Å². The van der Waals surface area contributed by atoms with Gasteiger partial charge in [-0.1, -0.05) is 11.6 Å². The van der Waals surface area contributed by atoms with Crippen molar-refractivity contribution in [3.8, 4) is 5.75 Å². The molecule has 31 heavy (non-hydrogen) atoms. The Kier molecular flexibility index (Phi) is 5.31. The van der Waals surface area contributed by atoms with Crippen LogP contribution < -0.4 is 10.5 Å². The summed E-state index contributed by atoms with van der Waals surface area (Å²) in [6.07, 6.45) is 2.44. The third-order valence-electron chi connectivity index (χ3n) is 5.50. The fraction of sp³-hybridized carbons (Fsp3) is 0.421. The molecular weight excluding hydrogens is 447 g/mol. The molecule has 4 rings (SSSR count). The molecule has 0 saturated heterocycles. The lowest BCUT2D eigenvalue weighted by molar-refractivity contribution is 0.232. The van der Waals surface area contributed by atoms with E-state index in [1.807, 2.05) is 6.92 Å². The average molecular weight is 469 g/mol. The van der Waals surface area contributed by atoms with Gasteiger partial charge in [0, 0.05) is 17.7 Å². The van der Waals surface area contributed by atoms with Crippen molar-refractivity contribution in [2.45, 2.75) is 39.4 Å². The van der Waals surface area contributed by atoms with Crippen molar-refractivity contribution in [2.24, 2.45) is 0 Å². The number of nitrogen functional groups attached to an aromatic ring is 1. The summed E-state index contributed by atoms with van der Waals surface area (Å²) in [6.45, 7) is 5.23. The minimum absolute atomic E-state index is 0.0643. The molecule has 166 valence electrons. The molecule has 0 spiro atoms. The number of anilines is 1. The first-order valence-corrected chi connectivity index (χ1v) is 11.8. The van der Waals surface area contributed by atoms with Crippen molar-refractivity contribution in [2.75, 3.05) is 18.6 Å². The maximum Gasteiger partial charge on any atom is 0.211 e. The molecule has 2 aromatic heterocycles. The van der Waals surface area contributed by atoms with E-state index in [-0.39, 0.29) is 29.5 Å². The highest BCUT2D eigenvalue weighted by atomic mass is 35.5. The van der Waals surface area contributed by atoms with Crippen LogP contribution in [0.4, 0.5) is 10.2 Å². The van der Waals surface area contributed by atoms with Crippen molar-refractivity contribution in [1.29, 1.82) is 0 Å². The minimum Gasteiger partial charge on any atom is -0.491 e. The number of ether oxygens (including phenoxy) is 1. The van der Waals surface area contributed by atoms with Gasteiger partial charge >= 0.3 is 0 Å². The molecule has 1 aliphatic rings. The topological polar surface area (TPSA) is 116 Å². The highest BCUT2D eigenvalue weighted by Gasteiger charge is 2.33. The summed E-state index contributed by atoms with van der Waals surface area (Å²) < 4.78 is 48.3. The van der Waals surface area contributed by atoms with E-state index < -0.39 is 27.9 Å². The highest BCUT2D eigenvalue weighted by molar-refractivity contribution is 7.88. The van der Waals surface area contributed by atoms with Crippen LogP contribution in [-0.4, -0.2) is 51.4 Å². The number of nitrogens with two attached hydrogens (primary N) is 1. The number of hydrogen-bond donors (Lipinski definition) is 1. The number of nitrogens with zero attached hydrogens (tertiary/aromatic N) is 5. The predicted molar refractivity (Wildman–Crippen MR) is 115 cm³/mol. The van der Waals surface area contributed by atoms with Crippen LogP contribution in [0.25, 0.3) is 11.0 Å². The first-order chi connectivity index (χ1) is 14.5. The van der Waals surface area contributed by atoms with Crippen LogP contribution in [0, 0.1) is 12.7 Å². The van der Waals surface area contributed by atoms with Crippen LogP contribution in [0.5, 0.6) is 5.75 Å². The van der Waals surface area contributed by atoms with Crippen LogP contribution in [-0.2, 0) is 16.6 Å². The summed E-state index contributed by atoms with van der Waals surface area (Å²) in [5.74, 6) is -0.134. The van der Waals surface area contributed by atoms with E-state index in [4.69, 9.17) is 22.1 Å². The molecule has 3 aromatic rings. The summed E-state index contributed by atoms with van der Waals surface area (Å²) >= 11 is 6.21. The zero-order valence-corrected chi connectivity index (χ0v) is 19.0. The quantitative estimate of drug-likeness (QED) is 0.628. The van der Waals surface area contributed by atoms with Gasteiger partial charge in [-0.2, -0.15) is 9.40 Å². The average Bonchev–Trinajstić information content (AvgIpc) is 2.92. The molecule has 0 fully saturated rings. The van der Waals surface area contributed by atoms with Gasteiger partial charge in [0.15, 0.2) is 5.65 Å². The van der Waals surface area contributed by atoms with E-state index in [2.05, 4.69) is 15.1 Å². The van der Waals surface area contributed by atoms with E-state index in [9.17, 15) is 8.42 Å². The second-order valence-electron chi connectivity index (χ2n) is 7.70. The van der Waals surface area contributed by atoms with E-state index in [1.54, 1.807) is 18.5 Å². The van der Waals surface area contributed by atoms with Gasteiger partial charge in [0.2, 0.25) is 10.0 Å². The lowest BCUT2D eigenvalue weighted by atomic mass is 10.0. The monoisotopic (exact) mass is 468 g/mol. The Hall–Kier alpha value is -2.50. The predicted octanol–water partition coefficient (Wildman–Crippen LogP) is 2.66. The maximum atomic E-state index is 15.0. The van der Waals surface area contributed by atoms with E-state index in [0.29, 0.717) is 28.1 Å². The molecule has 0 saturated carbocycles. The second kappa shape index (κ2) is 7.57. The van der Waals surface area contributed by atoms with Gasteiger partial charge in [-0.25, -0.2) is 27.5 Å². The van der Waals surface area contributed by atoms with Gasteiger partial charge < -0.3 is 10.5 Å². The van der Waals surface area contributed by atoms with E-state index in [1.165, 1.54) is 16.7 Å². The standard InChI is InChI=1S/C19H22ClFN6O3S/c1-9-7-30-17-12(5-14(20)16(21)13(17)6-26(9)31(4,28)29)11(3)27-19-15(10(2)25-27)18(22)23-8-24-19/h5,8-9,11H,6-7H2,1-4H3,(H2,22,23,24)/t9-,11?/m0/s1. The fourth-order valence-electron chi connectivity index (χ4n) is 3.92. The number of sulfonamides is 1. The van der Waals surface area contributed by atoms with Crippen LogP contribution in [0.2, 0.25) is 5.02 Å². The van der Waals surface area contributed by atoms with Gasteiger partial charge in [0.25, 0.3) is 0 Å². The SMILES string of the molecule is Cc1nn(C(C)c2cc(Cl)c(F)c3c2OC[C@H](C)N(S(C)(=O)=O)C3)c2ncnc(N)c12. The van der Waals surface area contributed by atoms with Crippen molar-refractivity contribution in [3.05, 3.63) is 40.1 Å². The summed E-state index contributed by atoms with van der Waals surface area (Å²) in [7, 11) is -3.59. The van der Waals surface area contributed by atoms with Crippen LogP contribution in [0.1, 0.15) is 36.7 Å². The van der Waals surface area contributed by atoms with Crippen molar-refractivity contribution < 1.29 is 17.5 Å². The first kappa shape index (κ1) is 21.7. The fourth-order valence-corrected chi connectivity index (χ4v) is 5.23. The zero-order valence-electron chi connectivity index (χ0n) is 17.4. The Bertz CT molecular complexity index is 1300. The number of fused-ring (bicyclic) bond motifs is 2. The number of aryl methyl sites for hydroxylation is 1.